The summed E-state index contributed by atoms with van der Waals surface area (Å²) in [6, 6.07) is 8.48. The van der Waals surface area contributed by atoms with Crippen LogP contribution in [0.4, 0.5) is 5.69 Å². The third kappa shape index (κ3) is 3.98. The fourth-order valence-electron chi connectivity index (χ4n) is 3.96. The second kappa shape index (κ2) is 8.93. The highest BCUT2D eigenvalue weighted by molar-refractivity contribution is 5.85. The molecule has 1 amide bonds. The molecule has 6 heteroatoms. The van der Waals surface area contributed by atoms with Gasteiger partial charge in [0.05, 0.1) is 5.41 Å². The van der Waals surface area contributed by atoms with Gasteiger partial charge in [0.1, 0.15) is 0 Å². The van der Waals surface area contributed by atoms with Crippen molar-refractivity contribution in [2.75, 3.05) is 37.6 Å². The van der Waals surface area contributed by atoms with Crippen LogP contribution in [0.15, 0.2) is 24.3 Å². The van der Waals surface area contributed by atoms with Gasteiger partial charge >= 0.3 is 0 Å². The number of anilines is 1. The van der Waals surface area contributed by atoms with Crippen molar-refractivity contribution in [3.63, 3.8) is 0 Å². The smallest absolute Gasteiger partial charge is 0.230 e. The SMILES string of the molecule is Cc1ccccc1N1CCN(C(=O)C2(CN)CCCC2)CC1.Cl.Cl. The summed E-state index contributed by atoms with van der Waals surface area (Å²) in [6.45, 7) is 6.11. The van der Waals surface area contributed by atoms with Gasteiger partial charge in [0.15, 0.2) is 0 Å². The summed E-state index contributed by atoms with van der Waals surface area (Å²) in [7, 11) is 0. The predicted octanol–water partition coefficient (Wildman–Crippen LogP) is 3.01. The minimum atomic E-state index is -0.259. The fourth-order valence-corrected chi connectivity index (χ4v) is 3.96. The molecule has 2 fully saturated rings. The molecule has 24 heavy (non-hydrogen) atoms. The lowest BCUT2D eigenvalue weighted by Gasteiger charge is -2.40. The van der Waals surface area contributed by atoms with Crippen LogP contribution in [0.25, 0.3) is 0 Å². The van der Waals surface area contributed by atoms with E-state index in [-0.39, 0.29) is 30.2 Å². The lowest BCUT2D eigenvalue weighted by Crippen LogP contribution is -2.54. The fraction of sp³-hybridized carbons (Fsp3) is 0.611. The molecule has 0 spiro atoms. The van der Waals surface area contributed by atoms with Crippen molar-refractivity contribution in [1.29, 1.82) is 0 Å². The number of carbonyl (C=O) groups excluding carboxylic acids is 1. The molecule has 1 aliphatic carbocycles. The first-order valence-corrected chi connectivity index (χ1v) is 8.46. The van der Waals surface area contributed by atoms with E-state index >= 15 is 0 Å². The maximum atomic E-state index is 12.9. The Kier molecular flexibility index (Phi) is 7.84. The summed E-state index contributed by atoms with van der Waals surface area (Å²) in [5, 5.41) is 0. The van der Waals surface area contributed by atoms with E-state index in [1.807, 2.05) is 4.90 Å². The van der Waals surface area contributed by atoms with Gasteiger partial charge in [-0.05, 0) is 31.4 Å². The first-order valence-electron chi connectivity index (χ1n) is 8.46. The minimum Gasteiger partial charge on any atom is -0.368 e. The quantitative estimate of drug-likeness (QED) is 0.885. The van der Waals surface area contributed by atoms with Gasteiger partial charge in [-0.1, -0.05) is 31.0 Å². The molecule has 3 rings (SSSR count). The molecular weight excluding hydrogens is 345 g/mol. The average molecular weight is 374 g/mol. The Bertz CT molecular complexity index is 539. The van der Waals surface area contributed by atoms with Crippen molar-refractivity contribution in [3.8, 4) is 0 Å². The van der Waals surface area contributed by atoms with Crippen molar-refractivity contribution in [2.24, 2.45) is 11.1 Å². The molecule has 0 aromatic heterocycles. The highest BCUT2D eigenvalue weighted by Crippen LogP contribution is 2.39. The monoisotopic (exact) mass is 373 g/mol. The topological polar surface area (TPSA) is 49.6 Å². The van der Waals surface area contributed by atoms with E-state index < -0.39 is 0 Å². The molecule has 0 unspecified atom stereocenters. The van der Waals surface area contributed by atoms with E-state index in [9.17, 15) is 4.79 Å². The molecule has 1 aromatic rings. The normalized spacial score (nSPS) is 19.4. The van der Waals surface area contributed by atoms with Gasteiger partial charge < -0.3 is 15.5 Å². The summed E-state index contributed by atoms with van der Waals surface area (Å²) >= 11 is 0. The van der Waals surface area contributed by atoms with Crippen LogP contribution in [0.3, 0.4) is 0 Å². The van der Waals surface area contributed by atoms with Crippen molar-refractivity contribution in [3.05, 3.63) is 29.8 Å². The molecular formula is C18H29Cl2N3O. The van der Waals surface area contributed by atoms with Gasteiger partial charge in [0, 0.05) is 38.4 Å². The Hall–Kier alpha value is -0.970. The van der Waals surface area contributed by atoms with Gasteiger partial charge in [-0.15, -0.1) is 24.8 Å². The number of amides is 1. The van der Waals surface area contributed by atoms with Gasteiger partial charge in [-0.3, -0.25) is 4.79 Å². The predicted molar refractivity (Wildman–Crippen MR) is 104 cm³/mol. The minimum absolute atomic E-state index is 0. The lowest BCUT2D eigenvalue weighted by molar-refractivity contribution is -0.141. The number of benzene rings is 1. The third-order valence-corrected chi connectivity index (χ3v) is 5.43. The van der Waals surface area contributed by atoms with E-state index in [4.69, 9.17) is 5.73 Å². The van der Waals surface area contributed by atoms with Crippen LogP contribution in [-0.2, 0) is 4.79 Å². The molecule has 1 saturated carbocycles. The Labute approximate surface area is 157 Å². The Morgan fingerprint density at radius 3 is 2.21 bits per heavy atom. The highest BCUT2D eigenvalue weighted by atomic mass is 35.5. The van der Waals surface area contributed by atoms with Crippen LogP contribution in [-0.4, -0.2) is 43.5 Å². The molecule has 136 valence electrons. The lowest BCUT2D eigenvalue weighted by atomic mass is 9.84. The zero-order chi connectivity index (χ0) is 15.6. The van der Waals surface area contributed by atoms with E-state index in [1.165, 1.54) is 11.3 Å². The molecule has 2 aliphatic rings. The number of nitrogens with two attached hydrogens (primary N) is 1. The Balaban J connectivity index is 0.00000144. The summed E-state index contributed by atoms with van der Waals surface area (Å²) in [5.74, 6) is 0.303. The number of nitrogens with zero attached hydrogens (tertiary/aromatic N) is 2. The van der Waals surface area contributed by atoms with Crippen LogP contribution in [0, 0.1) is 12.3 Å². The molecule has 1 saturated heterocycles. The first kappa shape index (κ1) is 21.1. The molecule has 1 heterocycles. The van der Waals surface area contributed by atoms with Crippen LogP contribution >= 0.6 is 24.8 Å². The number of hydrogen-bond acceptors (Lipinski definition) is 3. The average Bonchev–Trinajstić information content (AvgIpc) is 3.05. The summed E-state index contributed by atoms with van der Waals surface area (Å²) in [4.78, 5) is 17.3. The van der Waals surface area contributed by atoms with Gasteiger partial charge in [-0.25, -0.2) is 0 Å². The molecule has 0 bridgehead atoms. The standard InChI is InChI=1S/C18H27N3O.2ClH/c1-15-6-2-3-7-16(15)20-10-12-21(13-11-20)17(22)18(14-19)8-4-5-9-18;;/h2-3,6-7H,4-5,8-14,19H2,1H3;2*1H. The molecule has 1 aliphatic heterocycles. The number of hydrogen-bond donors (Lipinski definition) is 1. The summed E-state index contributed by atoms with van der Waals surface area (Å²) in [5.41, 5.74) is 8.30. The molecule has 1 aromatic carbocycles. The number of halogens is 2. The van der Waals surface area contributed by atoms with Crippen molar-refractivity contribution in [1.82, 2.24) is 4.90 Å². The molecule has 4 nitrogen and oxygen atoms in total. The molecule has 2 N–H and O–H groups in total. The van der Waals surface area contributed by atoms with E-state index in [0.717, 1.165) is 51.9 Å². The number of aryl methyl sites for hydroxylation is 1. The number of piperazine rings is 1. The maximum absolute atomic E-state index is 12.9. The van der Waals surface area contributed by atoms with E-state index in [2.05, 4.69) is 36.1 Å². The van der Waals surface area contributed by atoms with Gasteiger partial charge in [0.2, 0.25) is 5.91 Å². The largest absolute Gasteiger partial charge is 0.368 e. The maximum Gasteiger partial charge on any atom is 0.230 e. The van der Waals surface area contributed by atoms with Gasteiger partial charge in [0.25, 0.3) is 0 Å². The second-order valence-electron chi connectivity index (χ2n) is 6.76. The first-order chi connectivity index (χ1) is 10.7. The van der Waals surface area contributed by atoms with Gasteiger partial charge in [-0.2, -0.15) is 0 Å². The summed E-state index contributed by atoms with van der Waals surface area (Å²) in [6.07, 6.45) is 4.24. The Morgan fingerprint density at radius 2 is 1.67 bits per heavy atom. The third-order valence-electron chi connectivity index (χ3n) is 5.43. The Morgan fingerprint density at radius 1 is 1.08 bits per heavy atom. The van der Waals surface area contributed by atoms with Crippen molar-refractivity contribution < 1.29 is 4.79 Å². The van der Waals surface area contributed by atoms with E-state index in [1.54, 1.807) is 0 Å². The van der Waals surface area contributed by atoms with Crippen molar-refractivity contribution in [2.45, 2.75) is 32.6 Å². The second-order valence-corrected chi connectivity index (χ2v) is 6.76. The zero-order valence-electron chi connectivity index (χ0n) is 14.4. The number of para-hydroxylation sites is 1. The van der Waals surface area contributed by atoms with Crippen molar-refractivity contribution >= 4 is 36.4 Å². The number of rotatable bonds is 3. The van der Waals surface area contributed by atoms with E-state index in [0.29, 0.717) is 12.5 Å². The number of carbonyl (C=O) groups is 1. The molecule has 0 radical (unpaired) electrons. The summed E-state index contributed by atoms with van der Waals surface area (Å²) < 4.78 is 0. The van der Waals surface area contributed by atoms with Crippen LogP contribution < -0.4 is 10.6 Å². The van der Waals surface area contributed by atoms with Crippen LogP contribution in [0.2, 0.25) is 0 Å². The molecule has 0 atom stereocenters. The van der Waals surface area contributed by atoms with Crippen LogP contribution in [0.5, 0.6) is 0 Å². The van der Waals surface area contributed by atoms with Crippen LogP contribution in [0.1, 0.15) is 31.2 Å². The highest BCUT2D eigenvalue weighted by Gasteiger charge is 2.42. The zero-order valence-corrected chi connectivity index (χ0v) is 16.0.